The van der Waals surface area contributed by atoms with E-state index in [0.717, 1.165) is 39.6 Å². The van der Waals surface area contributed by atoms with Gasteiger partial charge in [-0.25, -0.2) is 9.48 Å². The quantitative estimate of drug-likeness (QED) is 0.284. The van der Waals surface area contributed by atoms with Crippen LogP contribution in [-0.2, 0) is 6.54 Å². The molecule has 2 aromatic heterocycles. The van der Waals surface area contributed by atoms with Gasteiger partial charge in [0.25, 0.3) is 0 Å². The highest BCUT2D eigenvalue weighted by atomic mass is 35.5. The van der Waals surface area contributed by atoms with Crippen molar-refractivity contribution in [1.82, 2.24) is 19.2 Å². The number of urea groups is 1. The van der Waals surface area contributed by atoms with E-state index < -0.39 is 0 Å². The first-order chi connectivity index (χ1) is 18.0. The van der Waals surface area contributed by atoms with Gasteiger partial charge in [0.05, 0.1) is 29.7 Å². The van der Waals surface area contributed by atoms with Gasteiger partial charge in [-0.1, -0.05) is 66.2 Å². The summed E-state index contributed by atoms with van der Waals surface area (Å²) >= 11 is 6.36. The lowest BCUT2D eigenvalue weighted by Gasteiger charge is -2.31. The monoisotopic (exact) mass is 507 g/mol. The van der Waals surface area contributed by atoms with E-state index in [0.29, 0.717) is 17.3 Å². The number of carbonyl (C=O) groups is 1. The third-order valence-corrected chi connectivity index (χ3v) is 7.38. The number of rotatable bonds is 3. The maximum Gasteiger partial charge on any atom is 0.322 e. The van der Waals surface area contributed by atoms with Crippen molar-refractivity contribution in [3.63, 3.8) is 0 Å². The van der Waals surface area contributed by atoms with Crippen LogP contribution in [0.4, 0.5) is 10.5 Å². The number of hydrogen-bond donors (Lipinski definition) is 1. The number of carbonyl (C=O) groups excluding carboxylic acids is 1. The minimum absolute atomic E-state index is 0.202. The van der Waals surface area contributed by atoms with Crippen LogP contribution in [0.2, 0.25) is 5.02 Å². The van der Waals surface area contributed by atoms with Gasteiger partial charge in [-0.05, 0) is 61.4 Å². The van der Waals surface area contributed by atoms with E-state index in [1.54, 1.807) is 0 Å². The number of aryl methyl sites for hydroxylation is 1. The predicted molar refractivity (Wildman–Crippen MR) is 147 cm³/mol. The van der Waals surface area contributed by atoms with Gasteiger partial charge in [0.2, 0.25) is 0 Å². The highest BCUT2D eigenvalue weighted by Gasteiger charge is 2.36. The fourth-order valence-electron chi connectivity index (χ4n) is 5.07. The molecule has 6 rings (SSSR count). The highest BCUT2D eigenvalue weighted by Crippen LogP contribution is 2.39. The van der Waals surface area contributed by atoms with Crippen molar-refractivity contribution in [2.75, 3.05) is 5.32 Å². The molecule has 5 aromatic rings. The van der Waals surface area contributed by atoms with Gasteiger partial charge in [0.1, 0.15) is 5.82 Å². The summed E-state index contributed by atoms with van der Waals surface area (Å²) in [6.07, 6.45) is 2.05. The molecule has 0 saturated heterocycles. The third-order valence-electron chi connectivity index (χ3n) is 6.97. The summed E-state index contributed by atoms with van der Waals surface area (Å²) < 4.78 is 4.14. The summed E-state index contributed by atoms with van der Waals surface area (Å²) in [5.74, 6) is 0.943. The molecule has 37 heavy (non-hydrogen) atoms. The van der Waals surface area contributed by atoms with Crippen LogP contribution in [0.25, 0.3) is 11.5 Å². The number of anilines is 1. The van der Waals surface area contributed by atoms with Crippen molar-refractivity contribution in [1.29, 1.82) is 0 Å². The second kappa shape index (κ2) is 9.30. The van der Waals surface area contributed by atoms with Gasteiger partial charge in [0.15, 0.2) is 0 Å². The Labute approximate surface area is 220 Å². The minimum Gasteiger partial charge on any atom is -0.307 e. The summed E-state index contributed by atoms with van der Waals surface area (Å²) in [7, 11) is 0. The number of benzene rings is 3. The summed E-state index contributed by atoms with van der Waals surface area (Å²) in [6, 6.07) is 29.4. The Morgan fingerprint density at radius 1 is 0.919 bits per heavy atom. The van der Waals surface area contributed by atoms with Crippen molar-refractivity contribution in [3.8, 4) is 11.5 Å². The Balaban J connectivity index is 1.53. The zero-order valence-electron chi connectivity index (χ0n) is 20.6. The molecule has 0 fully saturated rings. The Morgan fingerprint density at radius 2 is 1.65 bits per heavy atom. The summed E-state index contributed by atoms with van der Waals surface area (Å²) in [5, 5.41) is 8.65. The third kappa shape index (κ3) is 3.99. The molecule has 1 atom stereocenters. The van der Waals surface area contributed by atoms with Gasteiger partial charge >= 0.3 is 6.03 Å². The highest BCUT2D eigenvalue weighted by molar-refractivity contribution is 6.31. The largest absolute Gasteiger partial charge is 0.322 e. The molecule has 1 aliphatic heterocycles. The summed E-state index contributed by atoms with van der Waals surface area (Å²) in [4.78, 5) is 15.9. The van der Waals surface area contributed by atoms with Crippen LogP contribution in [0.5, 0.6) is 0 Å². The van der Waals surface area contributed by atoms with E-state index in [2.05, 4.69) is 28.1 Å². The second-order valence-electron chi connectivity index (χ2n) is 9.22. The summed E-state index contributed by atoms with van der Waals surface area (Å²) in [5.41, 5.74) is 6.39. The van der Waals surface area contributed by atoms with Crippen molar-refractivity contribution < 1.29 is 4.79 Å². The molecule has 7 heteroatoms. The Morgan fingerprint density at radius 3 is 2.41 bits per heavy atom. The molecule has 1 unspecified atom stereocenters. The minimum atomic E-state index is -0.313. The molecular formula is C30H26ClN5O. The molecule has 1 N–H and O–H groups in total. The van der Waals surface area contributed by atoms with Crippen molar-refractivity contribution in [3.05, 3.63) is 130 Å². The molecule has 0 spiro atoms. The SMILES string of the molecule is Cc1nn(-c2ccccc2)c2c1CN(C(=O)Nc1cccc(Cl)c1C)C(c1ccccc1)c1cccn1-2. The maximum atomic E-state index is 14.0. The molecule has 2 amide bonds. The second-order valence-corrected chi connectivity index (χ2v) is 9.63. The van der Waals surface area contributed by atoms with E-state index in [-0.39, 0.29) is 12.1 Å². The molecule has 3 heterocycles. The first-order valence-electron chi connectivity index (χ1n) is 12.2. The number of para-hydroxylation sites is 1. The van der Waals surface area contributed by atoms with Crippen LogP contribution < -0.4 is 5.32 Å². The van der Waals surface area contributed by atoms with E-state index in [1.165, 1.54) is 0 Å². The standard InChI is InChI=1S/C30H26ClN5O/c1-20-25(31)15-9-16-26(20)32-30(37)35-19-24-21(2)33-36(23-13-7-4-8-14-23)29(24)34-18-10-17-27(34)28(35)22-11-5-3-6-12-22/h3-18,28H,19H2,1-2H3,(H,32,37). The fourth-order valence-corrected chi connectivity index (χ4v) is 5.24. The molecule has 184 valence electrons. The predicted octanol–water partition coefficient (Wildman–Crippen LogP) is 7.07. The molecule has 0 radical (unpaired) electrons. The number of aromatic nitrogens is 3. The van der Waals surface area contributed by atoms with Gasteiger partial charge < -0.3 is 14.8 Å². The summed E-state index contributed by atoms with van der Waals surface area (Å²) in [6.45, 7) is 4.30. The lowest BCUT2D eigenvalue weighted by Crippen LogP contribution is -2.38. The molecule has 0 bridgehead atoms. The van der Waals surface area contributed by atoms with Gasteiger partial charge in [0, 0.05) is 22.5 Å². The van der Waals surface area contributed by atoms with E-state index in [9.17, 15) is 4.79 Å². The lowest BCUT2D eigenvalue weighted by atomic mass is 10.0. The van der Waals surface area contributed by atoms with Crippen LogP contribution in [-0.4, -0.2) is 25.3 Å². The van der Waals surface area contributed by atoms with Crippen molar-refractivity contribution >= 4 is 23.3 Å². The number of fused-ring (bicyclic) bond motifs is 3. The Kier molecular flexibility index (Phi) is 5.81. The zero-order chi connectivity index (χ0) is 25.5. The molecule has 0 saturated carbocycles. The topological polar surface area (TPSA) is 55.1 Å². The maximum absolute atomic E-state index is 14.0. The van der Waals surface area contributed by atoms with Gasteiger partial charge in [-0.3, -0.25) is 0 Å². The van der Waals surface area contributed by atoms with Crippen LogP contribution in [0.3, 0.4) is 0 Å². The van der Waals surface area contributed by atoms with Crippen LogP contribution >= 0.6 is 11.6 Å². The van der Waals surface area contributed by atoms with Gasteiger partial charge in [-0.15, -0.1) is 0 Å². The molecule has 1 aliphatic rings. The smallest absolute Gasteiger partial charge is 0.307 e. The molecular weight excluding hydrogens is 482 g/mol. The number of amides is 2. The molecule has 3 aromatic carbocycles. The number of hydrogen-bond acceptors (Lipinski definition) is 2. The lowest BCUT2D eigenvalue weighted by molar-refractivity contribution is 0.194. The number of halogens is 1. The average Bonchev–Trinajstić information content (AvgIpc) is 3.48. The Hall–Kier alpha value is -4.29. The molecule has 6 nitrogen and oxygen atoms in total. The Bertz CT molecular complexity index is 1590. The van der Waals surface area contributed by atoms with Gasteiger partial charge in [-0.2, -0.15) is 5.10 Å². The normalized spacial score (nSPS) is 14.6. The number of nitrogens with one attached hydrogen (secondary N) is 1. The first-order valence-corrected chi connectivity index (χ1v) is 12.6. The first kappa shape index (κ1) is 23.1. The zero-order valence-corrected chi connectivity index (χ0v) is 21.4. The van der Waals surface area contributed by atoms with Crippen LogP contribution in [0.1, 0.15) is 34.1 Å². The van der Waals surface area contributed by atoms with Crippen molar-refractivity contribution in [2.45, 2.75) is 26.4 Å². The van der Waals surface area contributed by atoms with E-state index >= 15 is 0 Å². The fraction of sp³-hybridized carbons (Fsp3) is 0.133. The molecule has 0 aliphatic carbocycles. The van der Waals surface area contributed by atoms with Crippen molar-refractivity contribution in [2.24, 2.45) is 0 Å². The van der Waals surface area contributed by atoms with Crippen LogP contribution in [0, 0.1) is 13.8 Å². The van der Waals surface area contributed by atoms with Crippen LogP contribution in [0.15, 0.2) is 97.2 Å². The average molecular weight is 508 g/mol. The van der Waals surface area contributed by atoms with E-state index in [1.807, 2.05) is 102 Å². The van der Waals surface area contributed by atoms with E-state index in [4.69, 9.17) is 16.7 Å². The number of nitrogens with zero attached hydrogens (tertiary/aromatic N) is 4.